The van der Waals surface area contributed by atoms with E-state index in [0.717, 1.165) is 5.82 Å². The van der Waals surface area contributed by atoms with Crippen molar-refractivity contribution in [3.8, 4) is 0 Å². The molecule has 1 saturated heterocycles. The van der Waals surface area contributed by atoms with Crippen molar-refractivity contribution in [2.24, 2.45) is 0 Å². The van der Waals surface area contributed by atoms with Crippen molar-refractivity contribution < 1.29 is 18.7 Å². The Morgan fingerprint density at radius 1 is 1.00 bits per heavy atom. The summed E-state index contributed by atoms with van der Waals surface area (Å²) >= 11 is 0. The maximum absolute atomic E-state index is 14.3. The molecule has 3 heterocycles. The number of hydrogen-bond acceptors (Lipinski definition) is 7. The molecule has 37 heavy (non-hydrogen) atoms. The van der Waals surface area contributed by atoms with Gasteiger partial charge in [-0.15, -0.1) is 0 Å². The molecule has 1 saturated carbocycles. The fourth-order valence-electron chi connectivity index (χ4n) is 4.26. The fourth-order valence-corrected chi connectivity index (χ4v) is 4.26. The van der Waals surface area contributed by atoms with E-state index < -0.39 is 11.7 Å². The zero-order valence-electron chi connectivity index (χ0n) is 20.8. The topological polar surface area (TPSA) is 99.7 Å². The first kappa shape index (κ1) is 24.6. The van der Waals surface area contributed by atoms with Crippen LogP contribution in [0.15, 0.2) is 48.8 Å². The zero-order chi connectivity index (χ0) is 25.9. The van der Waals surface area contributed by atoms with Crippen LogP contribution in [0.4, 0.5) is 27.3 Å². The zero-order valence-corrected chi connectivity index (χ0v) is 20.8. The summed E-state index contributed by atoms with van der Waals surface area (Å²) in [4.78, 5) is 38.7. The van der Waals surface area contributed by atoms with Crippen LogP contribution in [0.3, 0.4) is 0 Å². The highest BCUT2D eigenvalue weighted by atomic mass is 19.1. The van der Waals surface area contributed by atoms with Crippen molar-refractivity contribution in [3.63, 3.8) is 0 Å². The Morgan fingerprint density at radius 2 is 1.73 bits per heavy atom. The third kappa shape index (κ3) is 5.86. The first-order valence-electron chi connectivity index (χ1n) is 12.3. The van der Waals surface area contributed by atoms with Gasteiger partial charge in [0.05, 0.1) is 48.2 Å². The van der Waals surface area contributed by atoms with Gasteiger partial charge >= 0.3 is 0 Å². The van der Waals surface area contributed by atoms with Crippen LogP contribution in [-0.2, 0) is 4.74 Å². The van der Waals surface area contributed by atoms with Crippen molar-refractivity contribution in [2.45, 2.75) is 25.8 Å². The van der Waals surface area contributed by atoms with E-state index in [1.807, 2.05) is 24.1 Å². The van der Waals surface area contributed by atoms with Gasteiger partial charge in [0, 0.05) is 37.4 Å². The molecule has 1 aliphatic carbocycles. The average molecular weight is 505 g/mol. The molecule has 2 amide bonds. The van der Waals surface area contributed by atoms with E-state index in [4.69, 9.17) is 4.74 Å². The molecule has 2 fully saturated rings. The number of halogens is 1. The van der Waals surface area contributed by atoms with Crippen LogP contribution in [0, 0.1) is 12.7 Å². The van der Waals surface area contributed by atoms with Gasteiger partial charge in [-0.3, -0.25) is 14.6 Å². The first-order chi connectivity index (χ1) is 17.9. The predicted molar refractivity (Wildman–Crippen MR) is 140 cm³/mol. The van der Waals surface area contributed by atoms with Crippen molar-refractivity contribution in [3.05, 3.63) is 71.4 Å². The average Bonchev–Trinajstić information content (AvgIpc) is 3.75. The number of rotatable bonds is 7. The number of ether oxygens (including phenoxy) is 1. The minimum Gasteiger partial charge on any atom is -0.378 e. The normalized spacial score (nSPS) is 15.3. The minimum atomic E-state index is -0.501. The van der Waals surface area contributed by atoms with Crippen molar-refractivity contribution in [1.82, 2.24) is 9.97 Å². The Bertz CT molecular complexity index is 1310. The first-order valence-corrected chi connectivity index (χ1v) is 12.3. The van der Waals surface area contributed by atoms with Gasteiger partial charge in [0.2, 0.25) is 0 Å². The van der Waals surface area contributed by atoms with Gasteiger partial charge in [-0.2, -0.15) is 0 Å². The molecule has 192 valence electrons. The maximum Gasteiger partial charge on any atom is 0.257 e. The van der Waals surface area contributed by atoms with Crippen molar-refractivity contribution in [2.75, 3.05) is 53.8 Å². The Kier molecular flexibility index (Phi) is 7.00. The van der Waals surface area contributed by atoms with E-state index >= 15 is 0 Å². The summed E-state index contributed by atoms with van der Waals surface area (Å²) in [6, 6.07) is 10.0. The molecule has 1 aliphatic heterocycles. The molecule has 0 bridgehead atoms. The summed E-state index contributed by atoms with van der Waals surface area (Å²) < 4.78 is 19.7. The molecule has 0 radical (unpaired) electrons. The number of morpholine rings is 1. The molecular weight excluding hydrogens is 475 g/mol. The summed E-state index contributed by atoms with van der Waals surface area (Å²) in [5.41, 5.74) is 2.51. The fraction of sp³-hybridized carbons (Fsp3) is 0.333. The minimum absolute atomic E-state index is 0.176. The molecule has 2 aliphatic rings. The number of nitrogens with one attached hydrogen (secondary N) is 2. The Morgan fingerprint density at radius 3 is 2.43 bits per heavy atom. The Hall–Kier alpha value is -4.05. The van der Waals surface area contributed by atoms with Crippen LogP contribution in [0.25, 0.3) is 0 Å². The number of benzene rings is 1. The van der Waals surface area contributed by atoms with Crippen LogP contribution in [0.5, 0.6) is 0 Å². The number of pyridine rings is 2. The number of hydrogen-bond donors (Lipinski definition) is 2. The molecule has 9 nitrogen and oxygen atoms in total. The maximum atomic E-state index is 14.3. The van der Waals surface area contributed by atoms with E-state index in [0.29, 0.717) is 60.7 Å². The van der Waals surface area contributed by atoms with Gasteiger partial charge in [-0.25, -0.2) is 9.37 Å². The molecule has 3 aromatic rings. The second-order valence-electron chi connectivity index (χ2n) is 9.31. The van der Waals surface area contributed by atoms with Crippen molar-refractivity contribution in [1.29, 1.82) is 0 Å². The lowest BCUT2D eigenvalue weighted by Crippen LogP contribution is -2.36. The van der Waals surface area contributed by atoms with Gasteiger partial charge in [0.25, 0.3) is 11.8 Å². The summed E-state index contributed by atoms with van der Waals surface area (Å²) in [6.45, 7) is 4.07. The SMILES string of the molecule is Cc1ncc(NC(=O)c2cc(F)cc(N3CCOCC3)c2)cc1C(=O)Nc1ccc(N(C)C2CC2)nc1. The molecule has 2 N–H and O–H groups in total. The standard InChI is InChI=1S/C27H29FN6O3/c1-17-24(27(36)31-20-3-6-25(30-15-20)33(2)22-4-5-22)14-21(16-29-17)32-26(35)18-11-19(28)13-23(12-18)34-7-9-37-10-8-34/h3,6,11-16,22H,4-5,7-10H2,1-2H3,(H,31,36)(H,32,35). The lowest BCUT2D eigenvalue weighted by Gasteiger charge is -2.29. The molecule has 10 heteroatoms. The third-order valence-electron chi connectivity index (χ3n) is 6.57. The highest BCUT2D eigenvalue weighted by Gasteiger charge is 2.27. The number of aromatic nitrogens is 2. The predicted octanol–water partition coefficient (Wildman–Crippen LogP) is 3.86. The van der Waals surface area contributed by atoms with Gasteiger partial charge in [0.1, 0.15) is 11.6 Å². The van der Waals surface area contributed by atoms with E-state index in [9.17, 15) is 14.0 Å². The number of carbonyl (C=O) groups excluding carboxylic acids is 2. The molecule has 0 spiro atoms. The molecule has 2 aromatic heterocycles. The van der Waals surface area contributed by atoms with Crippen LogP contribution in [0.2, 0.25) is 0 Å². The van der Waals surface area contributed by atoms with Gasteiger partial charge < -0.3 is 25.2 Å². The molecule has 0 atom stereocenters. The van der Waals surface area contributed by atoms with Gasteiger partial charge in [-0.05, 0) is 56.2 Å². The third-order valence-corrected chi connectivity index (χ3v) is 6.57. The summed E-state index contributed by atoms with van der Waals surface area (Å²) in [6.07, 6.45) is 5.43. The molecular formula is C27H29FN6O3. The van der Waals surface area contributed by atoms with E-state index in [2.05, 4.69) is 25.5 Å². The number of carbonyl (C=O) groups is 2. The van der Waals surface area contributed by atoms with Crippen LogP contribution >= 0.6 is 0 Å². The van der Waals surface area contributed by atoms with Crippen LogP contribution in [-0.4, -0.2) is 61.2 Å². The number of amides is 2. The lowest BCUT2D eigenvalue weighted by molar-refractivity contribution is 0.101. The quantitative estimate of drug-likeness (QED) is 0.504. The number of aryl methyl sites for hydroxylation is 1. The second-order valence-corrected chi connectivity index (χ2v) is 9.31. The highest BCUT2D eigenvalue weighted by Crippen LogP contribution is 2.29. The van der Waals surface area contributed by atoms with Gasteiger partial charge in [-0.1, -0.05) is 0 Å². The number of nitrogens with zero attached hydrogens (tertiary/aromatic N) is 4. The van der Waals surface area contributed by atoms with E-state index in [1.54, 1.807) is 25.3 Å². The summed E-state index contributed by atoms with van der Waals surface area (Å²) in [5, 5.41) is 5.56. The summed E-state index contributed by atoms with van der Waals surface area (Å²) in [5.74, 6) is -0.506. The number of anilines is 4. The summed E-state index contributed by atoms with van der Waals surface area (Å²) in [7, 11) is 2.01. The van der Waals surface area contributed by atoms with E-state index in [1.165, 1.54) is 31.2 Å². The van der Waals surface area contributed by atoms with Crippen molar-refractivity contribution >= 4 is 34.7 Å². The monoisotopic (exact) mass is 504 g/mol. The molecule has 5 rings (SSSR count). The smallest absolute Gasteiger partial charge is 0.257 e. The van der Waals surface area contributed by atoms with Crippen LogP contribution in [0.1, 0.15) is 39.3 Å². The second kappa shape index (κ2) is 10.5. The molecule has 0 unspecified atom stereocenters. The largest absolute Gasteiger partial charge is 0.378 e. The Balaban J connectivity index is 1.28. The molecule has 1 aromatic carbocycles. The highest BCUT2D eigenvalue weighted by molar-refractivity contribution is 6.08. The van der Waals surface area contributed by atoms with Crippen LogP contribution < -0.4 is 20.4 Å². The van der Waals surface area contributed by atoms with E-state index in [-0.39, 0.29) is 11.5 Å². The lowest BCUT2D eigenvalue weighted by atomic mass is 10.1. The van der Waals surface area contributed by atoms with Gasteiger partial charge in [0.15, 0.2) is 0 Å². The Labute approximate surface area is 214 Å².